The monoisotopic (exact) mass is 314 g/mol. The van der Waals surface area contributed by atoms with Crippen LogP contribution in [0.2, 0.25) is 0 Å². The summed E-state index contributed by atoms with van der Waals surface area (Å²) in [7, 11) is -3.84. The van der Waals surface area contributed by atoms with Gasteiger partial charge >= 0.3 is 0 Å². The first kappa shape index (κ1) is 14.1. The summed E-state index contributed by atoms with van der Waals surface area (Å²) >= 11 is 0. The standard InChI is InChI=1S/C12H12F2N4O2S/c13-11-2-1-10(7-12(11)14)21(19,20)17-5-3-9(8-17)18-6-4-15-16-18/h1-2,4,6-7,9H,3,5,8H2. The van der Waals surface area contributed by atoms with E-state index in [1.54, 1.807) is 10.9 Å². The van der Waals surface area contributed by atoms with Crippen molar-refractivity contribution in [2.45, 2.75) is 17.4 Å². The minimum Gasteiger partial charge on any atom is -0.248 e. The van der Waals surface area contributed by atoms with E-state index in [9.17, 15) is 17.2 Å². The van der Waals surface area contributed by atoms with Crippen molar-refractivity contribution in [3.63, 3.8) is 0 Å². The van der Waals surface area contributed by atoms with Gasteiger partial charge in [0.25, 0.3) is 0 Å². The highest BCUT2D eigenvalue weighted by atomic mass is 32.2. The lowest BCUT2D eigenvalue weighted by atomic mass is 10.3. The molecule has 1 unspecified atom stereocenters. The van der Waals surface area contributed by atoms with Crippen molar-refractivity contribution in [2.24, 2.45) is 0 Å². The molecule has 112 valence electrons. The maximum absolute atomic E-state index is 13.2. The highest BCUT2D eigenvalue weighted by Gasteiger charge is 2.34. The minimum atomic E-state index is -3.84. The summed E-state index contributed by atoms with van der Waals surface area (Å²) in [6.07, 6.45) is 3.77. The number of sulfonamides is 1. The molecule has 2 heterocycles. The van der Waals surface area contributed by atoms with Crippen LogP contribution < -0.4 is 0 Å². The van der Waals surface area contributed by atoms with E-state index in [-0.39, 0.29) is 17.5 Å². The summed E-state index contributed by atoms with van der Waals surface area (Å²) in [4.78, 5) is -0.249. The predicted molar refractivity (Wildman–Crippen MR) is 68.8 cm³/mol. The second kappa shape index (κ2) is 5.15. The van der Waals surface area contributed by atoms with E-state index >= 15 is 0 Å². The average molecular weight is 314 g/mol. The van der Waals surface area contributed by atoms with Gasteiger partial charge in [-0.3, -0.25) is 0 Å². The molecule has 1 aromatic heterocycles. The van der Waals surface area contributed by atoms with Gasteiger partial charge in [0, 0.05) is 19.3 Å². The Balaban J connectivity index is 1.84. The Labute approximate surface area is 120 Å². The molecule has 1 aliphatic heterocycles. The van der Waals surface area contributed by atoms with Crippen LogP contribution in [-0.4, -0.2) is 40.8 Å². The van der Waals surface area contributed by atoms with Crippen LogP contribution in [0.25, 0.3) is 0 Å². The summed E-state index contributed by atoms with van der Waals surface area (Å²) < 4.78 is 53.8. The number of hydrogen-bond donors (Lipinski definition) is 0. The van der Waals surface area contributed by atoms with Gasteiger partial charge < -0.3 is 0 Å². The van der Waals surface area contributed by atoms with Gasteiger partial charge in [0.05, 0.1) is 17.1 Å². The van der Waals surface area contributed by atoms with Gasteiger partial charge in [0.15, 0.2) is 11.6 Å². The fourth-order valence-electron chi connectivity index (χ4n) is 2.34. The van der Waals surface area contributed by atoms with Crippen molar-refractivity contribution in [2.75, 3.05) is 13.1 Å². The van der Waals surface area contributed by atoms with Gasteiger partial charge in [-0.1, -0.05) is 5.21 Å². The summed E-state index contributed by atoms with van der Waals surface area (Å²) in [5, 5.41) is 7.54. The zero-order valence-electron chi connectivity index (χ0n) is 10.9. The van der Waals surface area contributed by atoms with Crippen molar-refractivity contribution in [3.05, 3.63) is 42.2 Å². The fourth-order valence-corrected chi connectivity index (χ4v) is 3.85. The summed E-state index contributed by atoms with van der Waals surface area (Å²) in [6.45, 7) is 0.524. The van der Waals surface area contributed by atoms with Crippen LogP contribution >= 0.6 is 0 Å². The molecule has 1 aliphatic rings. The molecule has 21 heavy (non-hydrogen) atoms. The molecule has 9 heteroatoms. The van der Waals surface area contributed by atoms with Crippen LogP contribution in [0.4, 0.5) is 8.78 Å². The van der Waals surface area contributed by atoms with Gasteiger partial charge in [-0.2, -0.15) is 4.31 Å². The number of hydrogen-bond acceptors (Lipinski definition) is 4. The largest absolute Gasteiger partial charge is 0.248 e. The zero-order chi connectivity index (χ0) is 15.0. The maximum Gasteiger partial charge on any atom is 0.243 e. The molecule has 2 aromatic rings. The van der Waals surface area contributed by atoms with Crippen molar-refractivity contribution in [3.8, 4) is 0 Å². The molecule has 0 radical (unpaired) electrons. The number of halogens is 2. The molecule has 0 N–H and O–H groups in total. The molecule has 6 nitrogen and oxygen atoms in total. The zero-order valence-corrected chi connectivity index (χ0v) is 11.7. The minimum absolute atomic E-state index is 0.104. The van der Waals surface area contributed by atoms with Crippen LogP contribution in [0.15, 0.2) is 35.5 Å². The Bertz CT molecular complexity index is 749. The third kappa shape index (κ3) is 2.54. The Hall–Kier alpha value is -1.87. The van der Waals surface area contributed by atoms with Crippen LogP contribution in [0.3, 0.4) is 0 Å². The number of rotatable bonds is 3. The summed E-state index contributed by atoms with van der Waals surface area (Å²) in [6, 6.07) is 2.48. The smallest absolute Gasteiger partial charge is 0.243 e. The lowest BCUT2D eigenvalue weighted by Crippen LogP contribution is -2.29. The van der Waals surface area contributed by atoms with E-state index < -0.39 is 21.7 Å². The molecular weight excluding hydrogens is 302 g/mol. The molecule has 1 saturated heterocycles. The molecule has 0 saturated carbocycles. The van der Waals surface area contributed by atoms with Gasteiger partial charge in [-0.25, -0.2) is 21.9 Å². The van der Waals surface area contributed by atoms with Gasteiger partial charge in [-0.15, -0.1) is 5.10 Å². The van der Waals surface area contributed by atoms with Crippen LogP contribution in [0.5, 0.6) is 0 Å². The van der Waals surface area contributed by atoms with E-state index in [0.29, 0.717) is 19.0 Å². The third-order valence-corrected chi connectivity index (χ3v) is 5.33. The highest BCUT2D eigenvalue weighted by Crippen LogP contribution is 2.27. The van der Waals surface area contributed by atoms with E-state index in [1.807, 2.05) is 0 Å². The normalized spacial score (nSPS) is 20.0. The van der Waals surface area contributed by atoms with Gasteiger partial charge in [0.2, 0.25) is 10.0 Å². The summed E-state index contributed by atoms with van der Waals surface area (Å²) in [5.74, 6) is -2.25. The molecule has 0 aliphatic carbocycles. The summed E-state index contributed by atoms with van der Waals surface area (Å²) in [5.41, 5.74) is 0. The molecule has 0 bridgehead atoms. The highest BCUT2D eigenvalue weighted by molar-refractivity contribution is 7.89. The second-order valence-corrected chi connectivity index (χ2v) is 6.70. The lowest BCUT2D eigenvalue weighted by molar-refractivity contribution is 0.427. The molecule has 0 amide bonds. The number of aromatic nitrogens is 3. The topological polar surface area (TPSA) is 68.1 Å². The van der Waals surface area contributed by atoms with Crippen molar-refractivity contribution < 1.29 is 17.2 Å². The fraction of sp³-hybridized carbons (Fsp3) is 0.333. The average Bonchev–Trinajstić information content (AvgIpc) is 3.11. The first-order valence-corrected chi connectivity index (χ1v) is 7.73. The Morgan fingerprint density at radius 2 is 2.05 bits per heavy atom. The van der Waals surface area contributed by atoms with Crippen LogP contribution in [0.1, 0.15) is 12.5 Å². The SMILES string of the molecule is O=S(=O)(c1ccc(F)c(F)c1)N1CCC(n2ccnn2)C1. The van der Waals surface area contributed by atoms with E-state index in [2.05, 4.69) is 10.3 Å². The molecule has 1 aromatic carbocycles. The molecule has 1 fully saturated rings. The third-order valence-electron chi connectivity index (χ3n) is 3.47. The van der Waals surface area contributed by atoms with Gasteiger partial charge in [-0.05, 0) is 24.6 Å². The second-order valence-electron chi connectivity index (χ2n) is 4.76. The van der Waals surface area contributed by atoms with E-state index in [4.69, 9.17) is 0 Å². The first-order valence-electron chi connectivity index (χ1n) is 6.29. The van der Waals surface area contributed by atoms with Crippen LogP contribution in [0, 0.1) is 11.6 Å². The molecule has 1 atom stereocenters. The van der Waals surface area contributed by atoms with Crippen molar-refractivity contribution in [1.29, 1.82) is 0 Å². The van der Waals surface area contributed by atoms with E-state index in [1.165, 1.54) is 10.5 Å². The predicted octanol–water partition coefficient (Wildman–Crippen LogP) is 1.19. The van der Waals surface area contributed by atoms with E-state index in [0.717, 1.165) is 12.1 Å². The van der Waals surface area contributed by atoms with Crippen molar-refractivity contribution in [1.82, 2.24) is 19.3 Å². The Kier molecular flexibility index (Phi) is 3.46. The molecule has 3 rings (SSSR count). The van der Waals surface area contributed by atoms with Gasteiger partial charge in [0.1, 0.15) is 0 Å². The molecule has 0 spiro atoms. The van der Waals surface area contributed by atoms with Crippen LogP contribution in [-0.2, 0) is 10.0 Å². The number of benzene rings is 1. The quantitative estimate of drug-likeness (QED) is 0.853. The lowest BCUT2D eigenvalue weighted by Gasteiger charge is -2.16. The maximum atomic E-state index is 13.2. The molecular formula is C12H12F2N4O2S. The Morgan fingerprint density at radius 3 is 2.71 bits per heavy atom. The Morgan fingerprint density at radius 1 is 1.24 bits per heavy atom. The number of nitrogens with zero attached hydrogens (tertiary/aromatic N) is 4. The van der Waals surface area contributed by atoms with Crippen molar-refractivity contribution >= 4 is 10.0 Å². The first-order chi connectivity index (χ1) is 9.98.